The second-order valence-corrected chi connectivity index (χ2v) is 2.84. The van der Waals surface area contributed by atoms with Gasteiger partial charge in [-0.3, -0.25) is 0 Å². The van der Waals surface area contributed by atoms with Crippen LogP contribution in [0.15, 0.2) is 24.3 Å². The predicted molar refractivity (Wildman–Crippen MR) is 31.8 cm³/mol. The first kappa shape index (κ1) is 7.23. The molecule has 0 spiro atoms. The Hall–Kier alpha value is 0.124. The molecule has 0 fully saturated rings. The summed E-state index contributed by atoms with van der Waals surface area (Å²) < 4.78 is 1.03. The molecular weight excluding hydrogens is 189 g/mol. The molecular formula is C7H7OY. The van der Waals surface area contributed by atoms with Crippen molar-refractivity contribution in [3.63, 3.8) is 0 Å². The molecule has 0 aliphatic heterocycles. The average molecular weight is 196 g/mol. The van der Waals surface area contributed by atoms with Crippen molar-refractivity contribution in [3.05, 3.63) is 29.8 Å². The molecule has 1 rings (SSSR count). The molecule has 0 heterocycles. The standard InChI is InChI=1S/C7H7O.Y/c1-6-4-2-3-5-7(6)8;/h2-5,8H,1H2;. The maximum absolute atomic E-state index is 9.13. The minimum absolute atomic E-state index is 0.435. The number of aromatic hydroxyl groups is 1. The van der Waals surface area contributed by atoms with Gasteiger partial charge in [0.15, 0.2) is 0 Å². The Morgan fingerprint density at radius 1 is 1.33 bits per heavy atom. The zero-order valence-electron chi connectivity index (χ0n) is 5.04. The van der Waals surface area contributed by atoms with Gasteiger partial charge in [-0.25, -0.2) is 0 Å². The Morgan fingerprint density at radius 2 is 2.00 bits per heavy atom. The van der Waals surface area contributed by atoms with Crippen LogP contribution in [0.5, 0.6) is 5.75 Å². The van der Waals surface area contributed by atoms with Crippen molar-refractivity contribution in [1.82, 2.24) is 0 Å². The van der Waals surface area contributed by atoms with Crippen LogP contribution in [0.2, 0.25) is 0 Å². The topological polar surface area (TPSA) is 20.2 Å². The Kier molecular flexibility index (Phi) is 2.68. The number of para-hydroxylation sites is 1. The molecule has 1 N–H and O–H groups in total. The third kappa shape index (κ3) is 1.77. The Morgan fingerprint density at radius 3 is 2.44 bits per heavy atom. The summed E-state index contributed by atoms with van der Waals surface area (Å²) in [5.41, 5.74) is 1.07. The molecule has 1 aromatic rings. The van der Waals surface area contributed by atoms with Gasteiger partial charge in [-0.1, -0.05) is 0 Å². The van der Waals surface area contributed by atoms with Crippen LogP contribution in [0.3, 0.4) is 0 Å². The maximum atomic E-state index is 9.13. The first-order valence-corrected chi connectivity index (χ1v) is 4.82. The third-order valence-electron chi connectivity index (χ3n) is 1.21. The molecule has 0 unspecified atom stereocenters. The van der Waals surface area contributed by atoms with Crippen LogP contribution in [0.4, 0.5) is 0 Å². The molecule has 0 saturated heterocycles. The molecule has 0 aliphatic rings. The summed E-state index contributed by atoms with van der Waals surface area (Å²) in [6.45, 7) is 0. The third-order valence-corrected chi connectivity index (χ3v) is 2.29. The van der Waals surface area contributed by atoms with Crippen molar-refractivity contribution >= 4 is 0 Å². The molecule has 0 amide bonds. The molecule has 0 bridgehead atoms. The molecule has 1 aromatic carbocycles. The fraction of sp³-hybridized carbons (Fsp3) is 0.143. The zero-order valence-corrected chi connectivity index (χ0v) is 7.88. The molecule has 44 valence electrons. The van der Waals surface area contributed by atoms with Gasteiger partial charge in [0.05, 0.1) is 0 Å². The Bertz CT molecular complexity index is 198. The summed E-state index contributed by atoms with van der Waals surface area (Å²) in [6.07, 6.45) is 0. The zero-order chi connectivity index (χ0) is 6.69. The molecule has 2 heteroatoms. The number of hydrogen-bond donors (Lipinski definition) is 1. The van der Waals surface area contributed by atoms with Crippen molar-refractivity contribution in [3.8, 4) is 5.75 Å². The van der Waals surface area contributed by atoms with E-state index < -0.39 is 0 Å². The van der Waals surface area contributed by atoms with Crippen LogP contribution >= 0.6 is 0 Å². The predicted octanol–water partition coefficient (Wildman–Crippen LogP) is 1.44. The SMILES string of the molecule is Oc1ccccc1[CH2][Y]. The van der Waals surface area contributed by atoms with E-state index in [1.165, 1.54) is 31.0 Å². The number of benzene rings is 1. The monoisotopic (exact) mass is 196 g/mol. The van der Waals surface area contributed by atoms with Gasteiger partial charge >= 0.3 is 74.9 Å². The van der Waals surface area contributed by atoms with Crippen LogP contribution < -0.4 is 0 Å². The average Bonchev–Trinajstić information content (AvgIpc) is 1.89. The van der Waals surface area contributed by atoms with Crippen molar-refractivity contribution in [2.75, 3.05) is 0 Å². The Balaban J connectivity index is 3.01. The molecule has 0 radical (unpaired) electrons. The normalized spacial score (nSPS) is 9.22. The van der Waals surface area contributed by atoms with Crippen molar-refractivity contribution < 1.29 is 36.1 Å². The van der Waals surface area contributed by atoms with Crippen LogP contribution in [-0.2, 0) is 34.2 Å². The quantitative estimate of drug-likeness (QED) is 0.720. The first-order chi connectivity index (χ1) is 4.34. The van der Waals surface area contributed by atoms with Gasteiger partial charge < -0.3 is 0 Å². The van der Waals surface area contributed by atoms with E-state index in [-0.39, 0.29) is 0 Å². The van der Waals surface area contributed by atoms with Crippen molar-refractivity contribution in [1.29, 1.82) is 0 Å². The number of phenols is 1. The molecule has 0 aliphatic carbocycles. The van der Waals surface area contributed by atoms with E-state index in [0.29, 0.717) is 5.75 Å². The van der Waals surface area contributed by atoms with Gasteiger partial charge in [-0.2, -0.15) is 0 Å². The van der Waals surface area contributed by atoms with E-state index in [0.717, 1.165) is 8.79 Å². The fourth-order valence-electron chi connectivity index (χ4n) is 0.683. The minimum atomic E-state index is 0.435. The van der Waals surface area contributed by atoms with Crippen LogP contribution in [0.1, 0.15) is 5.56 Å². The van der Waals surface area contributed by atoms with Gasteiger partial charge in [0.2, 0.25) is 0 Å². The Labute approximate surface area is 74.5 Å². The second kappa shape index (κ2) is 3.33. The van der Waals surface area contributed by atoms with Crippen LogP contribution in [0, 0.1) is 0 Å². The van der Waals surface area contributed by atoms with Crippen LogP contribution in [0.25, 0.3) is 0 Å². The van der Waals surface area contributed by atoms with Crippen molar-refractivity contribution in [2.45, 2.75) is 3.23 Å². The van der Waals surface area contributed by atoms with E-state index in [2.05, 4.69) is 0 Å². The number of phenolic OH excluding ortho intramolecular Hbond substituents is 1. The van der Waals surface area contributed by atoms with E-state index in [1.54, 1.807) is 6.07 Å². The molecule has 9 heavy (non-hydrogen) atoms. The van der Waals surface area contributed by atoms with E-state index in [9.17, 15) is 0 Å². The number of rotatable bonds is 1. The summed E-state index contributed by atoms with van der Waals surface area (Å²) in [6, 6.07) is 7.48. The van der Waals surface area contributed by atoms with Crippen molar-refractivity contribution in [2.24, 2.45) is 0 Å². The second-order valence-electron chi connectivity index (χ2n) is 1.83. The fourth-order valence-corrected chi connectivity index (χ4v) is 1.53. The van der Waals surface area contributed by atoms with E-state index in [1.807, 2.05) is 18.2 Å². The number of hydrogen-bond acceptors (Lipinski definition) is 1. The summed E-state index contributed by atoms with van der Waals surface area (Å²) >= 11 is 1.17. The summed E-state index contributed by atoms with van der Waals surface area (Å²) in [7, 11) is 0. The molecule has 1 nitrogen and oxygen atoms in total. The van der Waals surface area contributed by atoms with Gasteiger partial charge in [0, 0.05) is 0 Å². The van der Waals surface area contributed by atoms with Gasteiger partial charge in [-0.05, 0) is 0 Å². The molecule has 0 aromatic heterocycles. The van der Waals surface area contributed by atoms with Gasteiger partial charge in [0.25, 0.3) is 0 Å². The molecule has 0 atom stereocenters. The van der Waals surface area contributed by atoms with E-state index >= 15 is 0 Å². The summed E-state index contributed by atoms with van der Waals surface area (Å²) in [4.78, 5) is 0. The van der Waals surface area contributed by atoms with Gasteiger partial charge in [-0.15, -0.1) is 0 Å². The van der Waals surface area contributed by atoms with Crippen LogP contribution in [-0.4, -0.2) is 5.11 Å². The summed E-state index contributed by atoms with van der Waals surface area (Å²) in [5, 5.41) is 9.13. The summed E-state index contributed by atoms with van der Waals surface area (Å²) in [5.74, 6) is 0.435. The van der Waals surface area contributed by atoms with Gasteiger partial charge in [0.1, 0.15) is 0 Å². The molecule has 0 saturated carbocycles. The van der Waals surface area contributed by atoms with E-state index in [4.69, 9.17) is 5.11 Å². The first-order valence-electron chi connectivity index (χ1n) is 2.81.